The second-order valence-corrected chi connectivity index (χ2v) is 6.12. The van der Waals surface area contributed by atoms with Gasteiger partial charge in [0.1, 0.15) is 17.3 Å². The lowest BCUT2D eigenvalue weighted by Gasteiger charge is -2.22. The van der Waals surface area contributed by atoms with Crippen molar-refractivity contribution in [3.8, 4) is 0 Å². The average Bonchev–Trinajstić information content (AvgIpc) is 2.34. The fourth-order valence-electron chi connectivity index (χ4n) is 1.54. The van der Waals surface area contributed by atoms with E-state index in [2.05, 4.69) is 0 Å². The number of sulfonamides is 1. The first-order chi connectivity index (χ1) is 9.11. The molecule has 3 nitrogen and oxygen atoms in total. The highest BCUT2D eigenvalue weighted by Gasteiger charge is 2.37. The number of rotatable bonds is 5. The normalized spacial score (nSPS) is 12.9. The standard InChI is InChI=1S/C11H12ClF4NO2S/c1-2-17(7-11(14,15)16)20(18,19)10-4-3-8(6-12)5-9(10)13/h3-5H,2,6-7H2,1H3. The topological polar surface area (TPSA) is 37.4 Å². The maximum Gasteiger partial charge on any atom is 0.402 e. The van der Waals surface area contributed by atoms with Gasteiger partial charge in [-0.2, -0.15) is 17.5 Å². The van der Waals surface area contributed by atoms with E-state index in [1.807, 2.05) is 0 Å². The van der Waals surface area contributed by atoms with Crippen molar-refractivity contribution in [1.82, 2.24) is 4.31 Å². The van der Waals surface area contributed by atoms with Crippen LogP contribution in [0.5, 0.6) is 0 Å². The summed E-state index contributed by atoms with van der Waals surface area (Å²) >= 11 is 5.47. The Balaban J connectivity index is 3.21. The molecule has 1 aromatic carbocycles. The minimum absolute atomic E-state index is 0.0305. The zero-order valence-electron chi connectivity index (χ0n) is 10.4. The Morgan fingerprint density at radius 3 is 2.30 bits per heavy atom. The van der Waals surface area contributed by atoms with Crippen molar-refractivity contribution < 1.29 is 26.0 Å². The van der Waals surface area contributed by atoms with Gasteiger partial charge in [0.15, 0.2) is 0 Å². The van der Waals surface area contributed by atoms with Gasteiger partial charge < -0.3 is 0 Å². The van der Waals surface area contributed by atoms with Gasteiger partial charge in [-0.05, 0) is 17.7 Å². The van der Waals surface area contributed by atoms with Gasteiger partial charge in [0, 0.05) is 12.4 Å². The van der Waals surface area contributed by atoms with Crippen LogP contribution in [0.3, 0.4) is 0 Å². The molecule has 0 unspecified atom stereocenters. The van der Waals surface area contributed by atoms with E-state index in [-0.39, 0.29) is 10.2 Å². The molecule has 20 heavy (non-hydrogen) atoms. The SMILES string of the molecule is CCN(CC(F)(F)F)S(=O)(=O)c1ccc(CCl)cc1F. The molecule has 0 aliphatic heterocycles. The number of halogens is 5. The Hall–Kier alpha value is -0.860. The lowest BCUT2D eigenvalue weighted by molar-refractivity contribution is -0.135. The van der Waals surface area contributed by atoms with E-state index >= 15 is 0 Å². The molecule has 0 amide bonds. The van der Waals surface area contributed by atoms with Gasteiger partial charge in [0.25, 0.3) is 0 Å². The summed E-state index contributed by atoms with van der Waals surface area (Å²) in [6.45, 7) is -0.838. The zero-order chi connectivity index (χ0) is 15.6. The van der Waals surface area contributed by atoms with Crippen molar-refractivity contribution in [2.75, 3.05) is 13.1 Å². The molecule has 0 atom stereocenters. The summed E-state index contributed by atoms with van der Waals surface area (Å²) < 4.78 is 74.9. The zero-order valence-corrected chi connectivity index (χ0v) is 12.0. The summed E-state index contributed by atoms with van der Waals surface area (Å²) in [5, 5.41) is 0. The van der Waals surface area contributed by atoms with Gasteiger partial charge in [-0.15, -0.1) is 11.6 Å². The van der Waals surface area contributed by atoms with Crippen LogP contribution in [-0.4, -0.2) is 32.0 Å². The number of alkyl halides is 4. The van der Waals surface area contributed by atoms with E-state index in [0.717, 1.165) is 12.1 Å². The van der Waals surface area contributed by atoms with E-state index in [4.69, 9.17) is 11.6 Å². The maximum absolute atomic E-state index is 13.7. The molecule has 0 aliphatic carbocycles. The third kappa shape index (κ3) is 4.07. The molecule has 0 bridgehead atoms. The number of nitrogens with zero attached hydrogens (tertiary/aromatic N) is 1. The molecule has 0 saturated heterocycles. The Bertz CT molecular complexity index is 574. The third-order valence-corrected chi connectivity index (χ3v) is 4.74. The molecular weight excluding hydrogens is 322 g/mol. The molecule has 1 aromatic rings. The first-order valence-corrected chi connectivity index (χ1v) is 7.50. The van der Waals surface area contributed by atoms with E-state index in [0.29, 0.717) is 5.56 Å². The summed E-state index contributed by atoms with van der Waals surface area (Å²) in [6, 6.07) is 3.06. The van der Waals surface area contributed by atoms with Crippen molar-refractivity contribution >= 4 is 21.6 Å². The fraction of sp³-hybridized carbons (Fsp3) is 0.455. The van der Waals surface area contributed by atoms with E-state index < -0.39 is 40.0 Å². The van der Waals surface area contributed by atoms with Crippen molar-refractivity contribution in [3.05, 3.63) is 29.6 Å². The predicted octanol–water partition coefficient (Wildman–Crippen LogP) is 3.14. The highest BCUT2D eigenvalue weighted by Crippen LogP contribution is 2.25. The summed E-state index contributed by atoms with van der Waals surface area (Å²) in [7, 11) is -4.54. The quantitative estimate of drug-likeness (QED) is 0.613. The monoisotopic (exact) mass is 333 g/mol. The number of hydrogen-bond donors (Lipinski definition) is 0. The Morgan fingerprint density at radius 1 is 1.30 bits per heavy atom. The van der Waals surface area contributed by atoms with E-state index in [9.17, 15) is 26.0 Å². The second-order valence-electron chi connectivity index (χ2n) is 3.94. The van der Waals surface area contributed by atoms with Crippen LogP contribution in [0, 0.1) is 5.82 Å². The lowest BCUT2D eigenvalue weighted by atomic mass is 10.2. The third-order valence-electron chi connectivity index (χ3n) is 2.48. The molecule has 0 heterocycles. The number of hydrogen-bond acceptors (Lipinski definition) is 2. The minimum Gasteiger partial charge on any atom is -0.207 e. The van der Waals surface area contributed by atoms with Gasteiger partial charge >= 0.3 is 6.18 Å². The van der Waals surface area contributed by atoms with Gasteiger partial charge in [-0.1, -0.05) is 13.0 Å². The van der Waals surface area contributed by atoms with Gasteiger partial charge in [0.05, 0.1) is 0 Å². The lowest BCUT2D eigenvalue weighted by Crippen LogP contribution is -2.39. The van der Waals surface area contributed by atoms with Crippen molar-refractivity contribution in [2.24, 2.45) is 0 Å². The first kappa shape index (κ1) is 17.2. The molecule has 0 N–H and O–H groups in total. The van der Waals surface area contributed by atoms with Crippen LogP contribution in [0.2, 0.25) is 0 Å². The minimum atomic E-state index is -4.70. The molecule has 0 spiro atoms. The van der Waals surface area contributed by atoms with Crippen LogP contribution >= 0.6 is 11.6 Å². The van der Waals surface area contributed by atoms with Crippen molar-refractivity contribution in [3.63, 3.8) is 0 Å². The van der Waals surface area contributed by atoms with E-state index in [1.165, 1.54) is 13.0 Å². The molecule has 0 aliphatic rings. The predicted molar refractivity (Wildman–Crippen MR) is 66.4 cm³/mol. The Labute approximate surface area is 119 Å². The Morgan fingerprint density at radius 2 is 1.90 bits per heavy atom. The molecule has 9 heteroatoms. The van der Waals surface area contributed by atoms with Gasteiger partial charge in [-0.25, -0.2) is 12.8 Å². The van der Waals surface area contributed by atoms with Crippen LogP contribution in [0.4, 0.5) is 17.6 Å². The smallest absolute Gasteiger partial charge is 0.207 e. The Kier molecular flexibility index (Phi) is 5.39. The van der Waals surface area contributed by atoms with Crippen LogP contribution < -0.4 is 0 Å². The van der Waals surface area contributed by atoms with E-state index in [1.54, 1.807) is 0 Å². The molecule has 1 rings (SSSR count). The van der Waals surface area contributed by atoms with Crippen LogP contribution in [-0.2, 0) is 15.9 Å². The fourth-order valence-corrected chi connectivity index (χ4v) is 3.19. The van der Waals surface area contributed by atoms with Crippen molar-refractivity contribution in [2.45, 2.75) is 23.9 Å². The number of benzene rings is 1. The highest BCUT2D eigenvalue weighted by molar-refractivity contribution is 7.89. The van der Waals surface area contributed by atoms with Crippen LogP contribution in [0.15, 0.2) is 23.1 Å². The average molecular weight is 334 g/mol. The molecule has 0 fully saturated rings. The maximum atomic E-state index is 13.7. The summed E-state index contributed by atoms with van der Waals surface area (Å²) in [5.74, 6) is -1.15. The van der Waals surface area contributed by atoms with Crippen molar-refractivity contribution in [1.29, 1.82) is 0 Å². The molecule has 0 aromatic heterocycles. The highest BCUT2D eigenvalue weighted by atomic mass is 35.5. The molecular formula is C11H12ClF4NO2S. The second kappa shape index (κ2) is 6.28. The van der Waals surface area contributed by atoms with Gasteiger partial charge in [-0.3, -0.25) is 0 Å². The van der Waals surface area contributed by atoms with Gasteiger partial charge in [0.2, 0.25) is 10.0 Å². The molecule has 114 valence electrons. The van der Waals surface area contributed by atoms with Crippen LogP contribution in [0.1, 0.15) is 12.5 Å². The largest absolute Gasteiger partial charge is 0.402 e. The summed E-state index contributed by atoms with van der Waals surface area (Å²) in [6.07, 6.45) is -4.70. The summed E-state index contributed by atoms with van der Waals surface area (Å²) in [4.78, 5) is -0.794. The summed E-state index contributed by atoms with van der Waals surface area (Å²) in [5.41, 5.74) is 0.335. The molecule has 0 saturated carbocycles. The van der Waals surface area contributed by atoms with Crippen LogP contribution in [0.25, 0.3) is 0 Å². The first-order valence-electron chi connectivity index (χ1n) is 5.53. The molecule has 0 radical (unpaired) electrons.